The highest BCUT2D eigenvalue weighted by atomic mass is 19.1. The highest BCUT2D eigenvalue weighted by Gasteiger charge is 2.44. The predicted molar refractivity (Wildman–Crippen MR) is 108 cm³/mol. The topological polar surface area (TPSA) is 76.2 Å². The molecule has 1 aliphatic rings. The van der Waals surface area contributed by atoms with Crippen LogP contribution in [-0.4, -0.2) is 49.4 Å². The van der Waals surface area contributed by atoms with E-state index in [-0.39, 0.29) is 24.2 Å². The number of carbonyl (C=O) groups is 3. The zero-order valence-electron chi connectivity index (χ0n) is 16.6. The van der Waals surface area contributed by atoms with Gasteiger partial charge in [-0.25, -0.2) is 9.29 Å². The predicted octanol–water partition coefficient (Wildman–Crippen LogP) is 2.80. The molecule has 2 aromatic carbocycles. The molecule has 1 aliphatic heterocycles. The summed E-state index contributed by atoms with van der Waals surface area (Å²) in [4.78, 5) is 41.0. The Morgan fingerprint density at radius 2 is 1.83 bits per heavy atom. The van der Waals surface area contributed by atoms with Crippen LogP contribution in [0.15, 0.2) is 55.1 Å². The van der Waals surface area contributed by atoms with Crippen molar-refractivity contribution in [2.24, 2.45) is 0 Å². The van der Waals surface area contributed by atoms with Gasteiger partial charge in [-0.3, -0.25) is 14.4 Å². The number of amides is 3. The lowest BCUT2D eigenvalue weighted by molar-refractivity contribution is -0.122. The first-order valence-corrected chi connectivity index (χ1v) is 9.17. The van der Waals surface area contributed by atoms with E-state index in [1.54, 1.807) is 12.1 Å². The Balaban J connectivity index is 1.91. The maximum absolute atomic E-state index is 13.2. The number of rotatable bonds is 7. The molecule has 0 spiro atoms. The summed E-state index contributed by atoms with van der Waals surface area (Å²) in [5.74, 6) is -1.13. The number of hydrogen-bond donors (Lipinski definition) is 0. The number of hydrogen-bond acceptors (Lipinski definition) is 5. The van der Waals surface area contributed by atoms with Crippen molar-refractivity contribution >= 4 is 23.4 Å². The summed E-state index contributed by atoms with van der Waals surface area (Å²) in [5, 5.41) is 0. The van der Waals surface area contributed by atoms with E-state index in [2.05, 4.69) is 6.58 Å². The largest absolute Gasteiger partial charge is 0.493 e. The van der Waals surface area contributed by atoms with Gasteiger partial charge in [0.1, 0.15) is 11.9 Å². The van der Waals surface area contributed by atoms with Gasteiger partial charge in [0, 0.05) is 12.1 Å². The van der Waals surface area contributed by atoms with Crippen LogP contribution in [0.3, 0.4) is 0 Å². The summed E-state index contributed by atoms with van der Waals surface area (Å²) in [6, 6.07) is 8.68. The van der Waals surface area contributed by atoms with E-state index in [4.69, 9.17) is 9.47 Å². The first-order valence-electron chi connectivity index (χ1n) is 9.17. The lowest BCUT2D eigenvalue weighted by Crippen LogP contribution is -2.45. The quantitative estimate of drug-likeness (QED) is 0.516. The third-order valence-electron chi connectivity index (χ3n) is 4.80. The molecule has 0 bridgehead atoms. The van der Waals surface area contributed by atoms with E-state index in [0.29, 0.717) is 11.5 Å². The Hall–Kier alpha value is -3.68. The molecule has 3 rings (SSSR count). The molecule has 1 atom stereocenters. The minimum atomic E-state index is -0.999. The molecule has 1 heterocycles. The number of imide groups is 1. The number of nitrogens with zero attached hydrogens (tertiary/aromatic N) is 2. The van der Waals surface area contributed by atoms with Gasteiger partial charge in [-0.1, -0.05) is 6.08 Å². The van der Waals surface area contributed by atoms with Gasteiger partial charge in [0.25, 0.3) is 11.8 Å². The molecule has 1 saturated heterocycles. The van der Waals surface area contributed by atoms with Crippen molar-refractivity contribution in [1.82, 2.24) is 4.90 Å². The summed E-state index contributed by atoms with van der Waals surface area (Å²) in [5.41, 5.74) is 0.529. The lowest BCUT2D eigenvalue weighted by Gasteiger charge is -2.26. The second-order valence-corrected chi connectivity index (χ2v) is 6.58. The van der Waals surface area contributed by atoms with Gasteiger partial charge >= 0.3 is 0 Å². The SMILES string of the molecule is C=CCN(C(=O)c1ccc(OC)c(OC)c1)C1CC(=O)N(c2ccc(F)cc2)C1=O. The van der Waals surface area contributed by atoms with Gasteiger partial charge in [0.15, 0.2) is 11.5 Å². The molecule has 1 unspecified atom stereocenters. The number of benzene rings is 2. The van der Waals surface area contributed by atoms with E-state index >= 15 is 0 Å². The highest BCUT2D eigenvalue weighted by molar-refractivity contribution is 6.23. The summed E-state index contributed by atoms with van der Waals surface area (Å²) in [6.07, 6.45) is 1.31. The summed E-state index contributed by atoms with van der Waals surface area (Å²) >= 11 is 0. The molecule has 7 nitrogen and oxygen atoms in total. The van der Waals surface area contributed by atoms with E-state index in [0.717, 1.165) is 4.90 Å². The van der Waals surface area contributed by atoms with Gasteiger partial charge in [0.05, 0.1) is 26.3 Å². The zero-order valence-corrected chi connectivity index (χ0v) is 16.6. The molecule has 8 heteroatoms. The maximum Gasteiger partial charge on any atom is 0.257 e. The Labute approximate surface area is 173 Å². The number of carbonyl (C=O) groups excluding carboxylic acids is 3. The lowest BCUT2D eigenvalue weighted by atomic mass is 10.1. The third kappa shape index (κ3) is 3.89. The Morgan fingerprint density at radius 3 is 2.43 bits per heavy atom. The average Bonchev–Trinajstić information content (AvgIpc) is 3.05. The molecular weight excluding hydrogens is 391 g/mol. The van der Waals surface area contributed by atoms with Crippen LogP contribution in [0, 0.1) is 5.82 Å². The van der Waals surface area contributed by atoms with Crippen molar-refractivity contribution in [3.63, 3.8) is 0 Å². The van der Waals surface area contributed by atoms with Gasteiger partial charge in [-0.05, 0) is 42.5 Å². The summed E-state index contributed by atoms with van der Waals surface area (Å²) in [6.45, 7) is 3.71. The number of anilines is 1. The van der Waals surface area contributed by atoms with Crippen LogP contribution in [0.2, 0.25) is 0 Å². The molecule has 30 heavy (non-hydrogen) atoms. The average molecular weight is 412 g/mol. The van der Waals surface area contributed by atoms with Crippen molar-refractivity contribution in [2.75, 3.05) is 25.7 Å². The molecule has 0 aromatic heterocycles. The fraction of sp³-hybridized carbons (Fsp3) is 0.227. The third-order valence-corrected chi connectivity index (χ3v) is 4.80. The minimum absolute atomic E-state index is 0.0636. The van der Waals surface area contributed by atoms with Crippen LogP contribution < -0.4 is 14.4 Å². The smallest absolute Gasteiger partial charge is 0.257 e. The second-order valence-electron chi connectivity index (χ2n) is 6.58. The number of methoxy groups -OCH3 is 2. The molecule has 1 fully saturated rings. The first kappa shape index (κ1) is 21.0. The van der Waals surface area contributed by atoms with Crippen LogP contribution in [0.25, 0.3) is 0 Å². The van der Waals surface area contributed by atoms with Crippen molar-refractivity contribution in [3.05, 3.63) is 66.5 Å². The normalized spacial score (nSPS) is 15.8. The van der Waals surface area contributed by atoms with Gasteiger partial charge < -0.3 is 14.4 Å². The van der Waals surface area contributed by atoms with Crippen molar-refractivity contribution in [3.8, 4) is 11.5 Å². The number of ether oxygens (including phenoxy) is 2. The van der Waals surface area contributed by atoms with Gasteiger partial charge in [-0.2, -0.15) is 0 Å². The maximum atomic E-state index is 13.2. The highest BCUT2D eigenvalue weighted by Crippen LogP contribution is 2.30. The molecule has 0 saturated carbocycles. The minimum Gasteiger partial charge on any atom is -0.493 e. The second kappa shape index (κ2) is 8.77. The molecule has 0 N–H and O–H groups in total. The number of halogens is 1. The Bertz CT molecular complexity index is 990. The van der Waals surface area contributed by atoms with Gasteiger partial charge in [0.2, 0.25) is 5.91 Å². The fourth-order valence-corrected chi connectivity index (χ4v) is 3.35. The van der Waals surface area contributed by atoms with Crippen LogP contribution >= 0.6 is 0 Å². The monoisotopic (exact) mass is 412 g/mol. The first-order chi connectivity index (χ1) is 14.4. The van der Waals surface area contributed by atoms with E-state index in [9.17, 15) is 18.8 Å². The van der Waals surface area contributed by atoms with E-state index in [1.165, 1.54) is 55.5 Å². The Kier molecular flexibility index (Phi) is 6.15. The Morgan fingerprint density at radius 1 is 1.17 bits per heavy atom. The van der Waals surface area contributed by atoms with Crippen LogP contribution in [-0.2, 0) is 9.59 Å². The van der Waals surface area contributed by atoms with Crippen molar-refractivity contribution in [1.29, 1.82) is 0 Å². The molecule has 0 radical (unpaired) electrons. The molecule has 3 amide bonds. The fourth-order valence-electron chi connectivity index (χ4n) is 3.35. The van der Waals surface area contributed by atoms with Crippen LogP contribution in [0.4, 0.5) is 10.1 Å². The zero-order chi connectivity index (χ0) is 21.8. The standard InChI is InChI=1S/C22H21FN2O5/c1-4-11-24(21(27)14-5-10-18(29-2)19(12-14)30-3)17-13-20(26)25(22(17)28)16-8-6-15(23)7-9-16/h4-10,12,17H,1,11,13H2,2-3H3. The summed E-state index contributed by atoms with van der Waals surface area (Å²) in [7, 11) is 2.93. The van der Waals surface area contributed by atoms with Crippen LogP contribution in [0.5, 0.6) is 11.5 Å². The van der Waals surface area contributed by atoms with E-state index in [1.807, 2.05) is 0 Å². The van der Waals surface area contributed by atoms with Crippen molar-refractivity contribution < 1.29 is 28.2 Å². The van der Waals surface area contributed by atoms with Gasteiger partial charge in [-0.15, -0.1) is 6.58 Å². The molecule has 156 valence electrons. The summed E-state index contributed by atoms with van der Waals surface area (Å²) < 4.78 is 23.6. The van der Waals surface area contributed by atoms with Crippen LogP contribution in [0.1, 0.15) is 16.8 Å². The molecular formula is C22H21FN2O5. The van der Waals surface area contributed by atoms with Crippen molar-refractivity contribution in [2.45, 2.75) is 12.5 Å². The molecule has 0 aliphatic carbocycles. The van der Waals surface area contributed by atoms with E-state index < -0.39 is 29.6 Å². The molecule has 2 aromatic rings.